The number of anilines is 2. The lowest BCUT2D eigenvalue weighted by Crippen LogP contribution is -2.43. The van der Waals surface area contributed by atoms with Crippen LogP contribution in [-0.2, 0) is 14.3 Å². The van der Waals surface area contributed by atoms with Crippen LogP contribution >= 0.6 is 11.3 Å². The minimum absolute atomic E-state index is 0.0393. The van der Waals surface area contributed by atoms with Gasteiger partial charge < -0.3 is 21.1 Å². The third-order valence-electron chi connectivity index (χ3n) is 4.46. The quantitative estimate of drug-likeness (QED) is 0.719. The Kier molecular flexibility index (Phi) is 6.18. The van der Waals surface area contributed by atoms with E-state index in [4.69, 9.17) is 10.5 Å². The maximum Gasteiger partial charge on any atom is 0.241 e. The number of benzene rings is 1. The highest BCUT2D eigenvalue weighted by Crippen LogP contribution is 2.29. The molecule has 1 fully saturated rings. The van der Waals surface area contributed by atoms with Gasteiger partial charge in [-0.25, -0.2) is 4.98 Å². The van der Waals surface area contributed by atoms with E-state index in [0.29, 0.717) is 30.5 Å². The molecule has 0 saturated carbocycles. The SMILES string of the molecule is CCCC(=O)Nc1nc2ccc(NC(=O)C(N)C3CCOCC3)cc2s1. The fraction of sp³-hybridized carbons (Fsp3) is 0.500. The average molecular weight is 376 g/mol. The summed E-state index contributed by atoms with van der Waals surface area (Å²) >= 11 is 1.39. The van der Waals surface area contributed by atoms with E-state index in [1.54, 1.807) is 6.07 Å². The number of aromatic nitrogens is 1. The first-order chi connectivity index (χ1) is 12.6. The first-order valence-corrected chi connectivity index (χ1v) is 9.73. The third kappa shape index (κ3) is 4.57. The highest BCUT2D eigenvalue weighted by molar-refractivity contribution is 7.22. The summed E-state index contributed by atoms with van der Waals surface area (Å²) in [5.41, 5.74) is 7.58. The summed E-state index contributed by atoms with van der Waals surface area (Å²) < 4.78 is 6.22. The van der Waals surface area contributed by atoms with Crippen LogP contribution in [0.3, 0.4) is 0 Å². The molecule has 2 heterocycles. The second-order valence-corrected chi connectivity index (χ2v) is 7.50. The summed E-state index contributed by atoms with van der Waals surface area (Å²) in [6.45, 7) is 3.27. The summed E-state index contributed by atoms with van der Waals surface area (Å²) in [5.74, 6) is -0.0731. The number of rotatable bonds is 6. The molecule has 7 nitrogen and oxygen atoms in total. The molecule has 1 aromatic carbocycles. The van der Waals surface area contributed by atoms with E-state index >= 15 is 0 Å². The molecule has 2 aromatic rings. The summed E-state index contributed by atoms with van der Waals surface area (Å²) in [4.78, 5) is 28.5. The van der Waals surface area contributed by atoms with Crippen molar-refractivity contribution in [3.05, 3.63) is 18.2 Å². The van der Waals surface area contributed by atoms with Crippen molar-refractivity contribution in [3.8, 4) is 0 Å². The molecule has 1 aliphatic heterocycles. The number of nitrogens with zero attached hydrogens (tertiary/aromatic N) is 1. The summed E-state index contributed by atoms with van der Waals surface area (Å²) in [6, 6.07) is 4.95. The van der Waals surface area contributed by atoms with Crippen molar-refractivity contribution in [2.75, 3.05) is 23.8 Å². The molecule has 3 rings (SSSR count). The Bertz CT molecular complexity index is 786. The Morgan fingerprint density at radius 1 is 1.35 bits per heavy atom. The van der Waals surface area contributed by atoms with Crippen molar-refractivity contribution in [2.45, 2.75) is 38.6 Å². The fourth-order valence-electron chi connectivity index (χ4n) is 2.98. The minimum atomic E-state index is -0.542. The third-order valence-corrected chi connectivity index (χ3v) is 5.39. The summed E-state index contributed by atoms with van der Waals surface area (Å²) in [5, 5.41) is 6.26. The van der Waals surface area contributed by atoms with Gasteiger partial charge in [0.15, 0.2) is 5.13 Å². The van der Waals surface area contributed by atoms with Gasteiger partial charge in [0.05, 0.1) is 16.3 Å². The predicted octanol–water partition coefficient (Wildman–Crippen LogP) is 2.73. The van der Waals surface area contributed by atoms with E-state index in [0.717, 1.165) is 29.5 Å². The fourth-order valence-corrected chi connectivity index (χ4v) is 3.90. The number of nitrogens with one attached hydrogen (secondary N) is 2. The maximum absolute atomic E-state index is 12.4. The summed E-state index contributed by atoms with van der Waals surface area (Å²) in [7, 11) is 0. The number of nitrogens with two attached hydrogens (primary N) is 1. The number of carbonyl (C=O) groups is 2. The lowest BCUT2D eigenvalue weighted by Gasteiger charge is -2.26. The van der Waals surface area contributed by atoms with Crippen molar-refractivity contribution < 1.29 is 14.3 Å². The van der Waals surface area contributed by atoms with Gasteiger partial charge in [-0.1, -0.05) is 18.3 Å². The van der Waals surface area contributed by atoms with Crippen molar-refractivity contribution in [2.24, 2.45) is 11.7 Å². The molecule has 2 amide bonds. The smallest absolute Gasteiger partial charge is 0.241 e. The molecule has 8 heteroatoms. The van der Waals surface area contributed by atoms with E-state index in [1.807, 2.05) is 19.1 Å². The van der Waals surface area contributed by atoms with E-state index in [-0.39, 0.29) is 17.7 Å². The topological polar surface area (TPSA) is 106 Å². The van der Waals surface area contributed by atoms with Gasteiger partial charge >= 0.3 is 0 Å². The van der Waals surface area contributed by atoms with E-state index < -0.39 is 6.04 Å². The Morgan fingerprint density at radius 2 is 2.12 bits per heavy atom. The first-order valence-electron chi connectivity index (χ1n) is 8.91. The van der Waals surface area contributed by atoms with Gasteiger partial charge in [0.25, 0.3) is 0 Å². The first kappa shape index (κ1) is 18.8. The van der Waals surface area contributed by atoms with E-state index in [1.165, 1.54) is 11.3 Å². The zero-order valence-corrected chi connectivity index (χ0v) is 15.6. The lowest BCUT2D eigenvalue weighted by molar-refractivity contribution is -0.119. The average Bonchev–Trinajstić information content (AvgIpc) is 3.03. The van der Waals surface area contributed by atoms with Crippen LogP contribution in [0.25, 0.3) is 10.2 Å². The van der Waals surface area contributed by atoms with Gasteiger partial charge in [-0.2, -0.15) is 0 Å². The van der Waals surface area contributed by atoms with Gasteiger partial charge in [0.1, 0.15) is 0 Å². The standard InChI is InChI=1S/C18H24N4O3S/c1-2-3-15(23)22-18-21-13-5-4-12(10-14(13)26-18)20-17(24)16(19)11-6-8-25-9-7-11/h4-5,10-11,16H,2-3,6-9,19H2,1H3,(H,20,24)(H,21,22,23). The monoisotopic (exact) mass is 376 g/mol. The molecule has 0 radical (unpaired) electrons. The van der Waals surface area contributed by atoms with Crippen molar-refractivity contribution in [1.82, 2.24) is 4.98 Å². The van der Waals surface area contributed by atoms with Crippen LogP contribution in [0.5, 0.6) is 0 Å². The van der Waals surface area contributed by atoms with E-state index in [9.17, 15) is 9.59 Å². The van der Waals surface area contributed by atoms with Gasteiger partial charge in [-0.15, -0.1) is 0 Å². The molecule has 26 heavy (non-hydrogen) atoms. The van der Waals surface area contributed by atoms with Crippen molar-refractivity contribution in [1.29, 1.82) is 0 Å². The molecule has 1 atom stereocenters. The Balaban J connectivity index is 1.66. The van der Waals surface area contributed by atoms with Crippen LogP contribution in [-0.4, -0.2) is 36.1 Å². The van der Waals surface area contributed by atoms with Crippen LogP contribution in [0.4, 0.5) is 10.8 Å². The molecule has 1 saturated heterocycles. The van der Waals surface area contributed by atoms with Crippen LogP contribution < -0.4 is 16.4 Å². The molecule has 0 aliphatic carbocycles. The number of ether oxygens (including phenoxy) is 1. The van der Waals surface area contributed by atoms with Crippen LogP contribution in [0, 0.1) is 5.92 Å². The van der Waals surface area contributed by atoms with Gasteiger partial charge in [-0.3, -0.25) is 9.59 Å². The highest BCUT2D eigenvalue weighted by atomic mass is 32.1. The number of hydrogen-bond acceptors (Lipinski definition) is 6. The minimum Gasteiger partial charge on any atom is -0.381 e. The molecule has 1 aliphatic rings. The summed E-state index contributed by atoms with van der Waals surface area (Å²) in [6.07, 6.45) is 2.88. The number of fused-ring (bicyclic) bond motifs is 1. The Morgan fingerprint density at radius 3 is 2.85 bits per heavy atom. The molecule has 1 unspecified atom stereocenters. The predicted molar refractivity (Wildman–Crippen MR) is 103 cm³/mol. The highest BCUT2D eigenvalue weighted by Gasteiger charge is 2.26. The molecular weight excluding hydrogens is 352 g/mol. The van der Waals surface area contributed by atoms with Crippen molar-refractivity contribution in [3.63, 3.8) is 0 Å². The normalized spacial score (nSPS) is 16.4. The van der Waals surface area contributed by atoms with Crippen LogP contribution in [0.2, 0.25) is 0 Å². The van der Waals surface area contributed by atoms with Gasteiger partial charge in [-0.05, 0) is 43.4 Å². The zero-order chi connectivity index (χ0) is 18.5. The largest absolute Gasteiger partial charge is 0.381 e. The number of hydrogen-bond donors (Lipinski definition) is 3. The Labute approximate surface area is 156 Å². The van der Waals surface area contributed by atoms with Gasteiger partial charge in [0, 0.05) is 25.3 Å². The van der Waals surface area contributed by atoms with Gasteiger partial charge in [0.2, 0.25) is 11.8 Å². The molecular formula is C18H24N4O3S. The van der Waals surface area contributed by atoms with Crippen molar-refractivity contribution >= 4 is 44.2 Å². The molecule has 0 bridgehead atoms. The number of carbonyl (C=O) groups excluding carboxylic acids is 2. The zero-order valence-electron chi connectivity index (χ0n) is 14.8. The lowest BCUT2D eigenvalue weighted by atomic mass is 9.92. The molecule has 140 valence electrons. The van der Waals surface area contributed by atoms with E-state index in [2.05, 4.69) is 15.6 Å². The number of amides is 2. The maximum atomic E-state index is 12.4. The van der Waals surface area contributed by atoms with Crippen LogP contribution in [0.1, 0.15) is 32.6 Å². The Hall–Kier alpha value is -2.03. The van der Waals surface area contributed by atoms with Crippen LogP contribution in [0.15, 0.2) is 18.2 Å². The second-order valence-electron chi connectivity index (χ2n) is 6.46. The number of thiazole rings is 1. The second kappa shape index (κ2) is 8.57. The molecule has 0 spiro atoms. The molecule has 1 aromatic heterocycles. The molecule has 4 N–H and O–H groups in total.